The van der Waals surface area contributed by atoms with Crippen molar-refractivity contribution in [1.29, 1.82) is 0 Å². The van der Waals surface area contributed by atoms with Gasteiger partial charge in [-0.1, -0.05) is 39.5 Å². The van der Waals surface area contributed by atoms with Crippen LogP contribution < -0.4 is 0 Å². The van der Waals surface area contributed by atoms with Gasteiger partial charge in [-0.25, -0.2) is 0 Å². The van der Waals surface area contributed by atoms with E-state index in [2.05, 4.69) is 41.5 Å². The van der Waals surface area contributed by atoms with Crippen molar-refractivity contribution in [3.63, 3.8) is 0 Å². The van der Waals surface area contributed by atoms with Gasteiger partial charge >= 0.3 is 39.0 Å². The predicted octanol–water partition coefficient (Wildman–Crippen LogP) is 4.92. The maximum Gasteiger partial charge on any atom is 2.00 e. The smallest absolute Gasteiger partial charge is 0.370 e. The molecule has 0 aliphatic heterocycles. The van der Waals surface area contributed by atoms with E-state index in [-0.39, 0.29) is 39.0 Å². The molecule has 0 saturated heterocycles. The summed E-state index contributed by atoms with van der Waals surface area (Å²) in [6, 6.07) is 0. The first-order valence-corrected chi connectivity index (χ1v) is 5.86. The van der Waals surface area contributed by atoms with Crippen LogP contribution in [0.4, 0.5) is 0 Å². The van der Waals surface area contributed by atoms with E-state index in [4.69, 9.17) is 0 Å². The van der Waals surface area contributed by atoms with E-state index in [1.807, 2.05) is 0 Å². The molecule has 0 spiro atoms. The van der Waals surface area contributed by atoms with E-state index in [1.165, 1.54) is 38.5 Å². The van der Waals surface area contributed by atoms with Crippen LogP contribution in [-0.2, 0) is 39.0 Å². The van der Waals surface area contributed by atoms with Gasteiger partial charge in [-0.05, 0) is 0 Å². The standard InChI is InChI=1S/2C7H14.2Zn/c2*1-4-5-6-7(2)3;;/h2*7H,2-6H2,1H3;;/q2*-2;2*+2. The first kappa shape index (κ1) is 25.9. The molecule has 16 heavy (non-hydrogen) atoms. The van der Waals surface area contributed by atoms with Gasteiger partial charge in [0, 0.05) is 0 Å². The summed E-state index contributed by atoms with van der Waals surface area (Å²) < 4.78 is 0. The molecular formula is C14H28Zn2. The molecule has 0 aliphatic rings. The Morgan fingerprint density at radius 2 is 0.938 bits per heavy atom. The number of unbranched alkanes of at least 4 members (excludes halogenated alkanes) is 2. The summed E-state index contributed by atoms with van der Waals surface area (Å²) in [5.74, 6) is 0.805. The first-order chi connectivity index (χ1) is 6.54. The summed E-state index contributed by atoms with van der Waals surface area (Å²) in [7, 11) is 0. The maximum atomic E-state index is 3.76. The molecule has 0 fully saturated rings. The van der Waals surface area contributed by atoms with Crippen LogP contribution in [0.1, 0.15) is 52.4 Å². The third kappa shape index (κ3) is 36.2. The molecule has 0 unspecified atom stereocenters. The van der Waals surface area contributed by atoms with Gasteiger partial charge in [-0.3, -0.25) is 0 Å². The molecule has 0 bridgehead atoms. The summed E-state index contributed by atoms with van der Waals surface area (Å²) in [5.41, 5.74) is 0. The quantitative estimate of drug-likeness (QED) is 0.480. The number of rotatable bonds is 6. The minimum absolute atomic E-state index is 0. The van der Waals surface area contributed by atoms with Crippen LogP contribution in [-0.4, -0.2) is 0 Å². The van der Waals surface area contributed by atoms with Gasteiger partial charge in [0.05, 0.1) is 0 Å². The molecule has 0 atom stereocenters. The van der Waals surface area contributed by atoms with Gasteiger partial charge in [-0.2, -0.15) is 0 Å². The molecule has 0 heterocycles. The molecule has 0 aromatic rings. The van der Waals surface area contributed by atoms with E-state index in [1.54, 1.807) is 0 Å². The summed E-state index contributed by atoms with van der Waals surface area (Å²) in [6.07, 6.45) is 7.44. The zero-order chi connectivity index (χ0) is 11.4. The second kappa shape index (κ2) is 21.5. The summed E-state index contributed by atoms with van der Waals surface area (Å²) in [6.45, 7) is 19.4. The number of hydrogen-bond acceptors (Lipinski definition) is 0. The first-order valence-electron chi connectivity index (χ1n) is 5.86. The average molecular weight is 327 g/mol. The van der Waals surface area contributed by atoms with Crippen molar-refractivity contribution < 1.29 is 39.0 Å². The summed E-state index contributed by atoms with van der Waals surface area (Å²) in [4.78, 5) is 0. The van der Waals surface area contributed by atoms with E-state index in [0.717, 1.165) is 0 Å². The molecule has 0 aromatic carbocycles. The molecule has 0 aliphatic carbocycles. The molecule has 0 N–H and O–H groups in total. The Morgan fingerprint density at radius 1 is 0.688 bits per heavy atom. The van der Waals surface area contributed by atoms with E-state index >= 15 is 0 Å². The van der Waals surface area contributed by atoms with Crippen LogP contribution in [0, 0.1) is 39.5 Å². The van der Waals surface area contributed by atoms with Gasteiger partial charge < -0.3 is 39.5 Å². The van der Waals surface area contributed by atoms with Crippen LogP contribution in [0.25, 0.3) is 0 Å². The van der Waals surface area contributed by atoms with Crippen LogP contribution in [0.5, 0.6) is 0 Å². The second-order valence-corrected chi connectivity index (χ2v) is 4.02. The summed E-state index contributed by atoms with van der Waals surface area (Å²) in [5, 5.41) is 0. The Labute approximate surface area is 130 Å². The Hall–Kier alpha value is 1.25. The van der Waals surface area contributed by atoms with Gasteiger partial charge in [0.1, 0.15) is 0 Å². The van der Waals surface area contributed by atoms with E-state index in [9.17, 15) is 0 Å². The van der Waals surface area contributed by atoms with E-state index < -0.39 is 0 Å². The third-order valence-electron chi connectivity index (χ3n) is 1.93. The SMILES string of the molecule is [CH2-]C([CH2-])CCCC.[CH2-]C([CH2-])CCCC.[Zn+2].[Zn+2]. The van der Waals surface area contributed by atoms with Crippen LogP contribution in [0.15, 0.2) is 0 Å². The largest absolute Gasteiger partial charge is 2.00 e. The second-order valence-electron chi connectivity index (χ2n) is 4.02. The van der Waals surface area contributed by atoms with Crippen molar-refractivity contribution in [3.8, 4) is 0 Å². The van der Waals surface area contributed by atoms with Crippen molar-refractivity contribution in [2.45, 2.75) is 52.4 Å². The third-order valence-corrected chi connectivity index (χ3v) is 1.93. The molecule has 0 nitrogen and oxygen atoms in total. The fraction of sp³-hybridized carbons (Fsp3) is 0.714. The molecule has 0 radical (unpaired) electrons. The fourth-order valence-electron chi connectivity index (χ4n) is 0.986. The van der Waals surface area contributed by atoms with Crippen molar-refractivity contribution in [1.82, 2.24) is 0 Å². The Bertz CT molecular complexity index is 78.7. The van der Waals surface area contributed by atoms with Gasteiger partial charge in [0.25, 0.3) is 0 Å². The molecular weight excluding hydrogens is 299 g/mol. The average Bonchev–Trinajstić information content (AvgIpc) is 2.12. The van der Waals surface area contributed by atoms with Crippen molar-refractivity contribution >= 4 is 0 Å². The molecule has 0 rings (SSSR count). The minimum atomic E-state index is 0. The van der Waals surface area contributed by atoms with Crippen LogP contribution in [0.3, 0.4) is 0 Å². The zero-order valence-corrected chi connectivity index (χ0v) is 17.6. The molecule has 88 valence electrons. The molecule has 0 aromatic heterocycles. The fourth-order valence-corrected chi connectivity index (χ4v) is 0.986. The maximum absolute atomic E-state index is 3.76. The topological polar surface area (TPSA) is 0 Å². The predicted molar refractivity (Wildman–Crippen MR) is 67.5 cm³/mol. The molecule has 0 saturated carbocycles. The Kier molecular flexibility index (Phi) is 34.9. The van der Waals surface area contributed by atoms with Crippen molar-refractivity contribution in [2.24, 2.45) is 11.8 Å². The Balaban J connectivity index is -0.0000000800. The van der Waals surface area contributed by atoms with Crippen molar-refractivity contribution in [3.05, 3.63) is 27.7 Å². The van der Waals surface area contributed by atoms with Gasteiger partial charge in [0.2, 0.25) is 0 Å². The van der Waals surface area contributed by atoms with Crippen LogP contribution in [0.2, 0.25) is 0 Å². The normalized spacial score (nSPS) is 9.00. The van der Waals surface area contributed by atoms with Gasteiger partial charge in [0.15, 0.2) is 0 Å². The van der Waals surface area contributed by atoms with E-state index in [0.29, 0.717) is 11.8 Å². The minimum Gasteiger partial charge on any atom is -0.370 e. The number of hydrogen-bond donors (Lipinski definition) is 0. The molecule has 2 heteroatoms. The zero-order valence-electron chi connectivity index (χ0n) is 11.6. The summed E-state index contributed by atoms with van der Waals surface area (Å²) >= 11 is 0. The van der Waals surface area contributed by atoms with Crippen LogP contribution >= 0.6 is 0 Å². The van der Waals surface area contributed by atoms with Gasteiger partial charge in [-0.15, -0.1) is 12.8 Å². The monoisotopic (exact) mass is 324 g/mol. The molecule has 0 amide bonds. The van der Waals surface area contributed by atoms with Crippen molar-refractivity contribution in [2.75, 3.05) is 0 Å². The Morgan fingerprint density at radius 3 is 1.00 bits per heavy atom.